The second-order valence-corrected chi connectivity index (χ2v) is 10.1. The maximum absolute atomic E-state index is 11.6. The topological polar surface area (TPSA) is 180 Å². The fourth-order valence-corrected chi connectivity index (χ4v) is 5.49. The third-order valence-electron chi connectivity index (χ3n) is 7.47. The van der Waals surface area contributed by atoms with E-state index in [0.29, 0.717) is 33.6 Å². The predicted molar refractivity (Wildman–Crippen MR) is 140 cm³/mol. The lowest BCUT2D eigenvalue weighted by molar-refractivity contribution is 0.00730. The number of aliphatic hydroxyl groups excluding tert-OH is 2. The molecule has 0 amide bonds. The first-order valence-electron chi connectivity index (χ1n) is 12.5. The van der Waals surface area contributed by atoms with Crippen molar-refractivity contribution in [1.29, 1.82) is 0 Å². The molecule has 10 heteroatoms. The van der Waals surface area contributed by atoms with Gasteiger partial charge in [-0.1, -0.05) is 18.2 Å². The fraction of sp³-hybridized carbons (Fsp3) is 0.200. The number of phenolic OH excluding ortho intramolecular Hbond substituents is 6. The van der Waals surface area contributed by atoms with Gasteiger partial charge in [-0.25, -0.2) is 0 Å². The summed E-state index contributed by atoms with van der Waals surface area (Å²) in [5, 5.41) is 83.0. The molecule has 0 unspecified atom stereocenters. The van der Waals surface area contributed by atoms with E-state index in [0.717, 1.165) is 0 Å². The molecule has 0 fully saturated rings. The maximum atomic E-state index is 11.6. The number of hydrogen-bond acceptors (Lipinski definition) is 10. The molecule has 206 valence electrons. The molecule has 5 atom stereocenters. The highest BCUT2D eigenvalue weighted by molar-refractivity contribution is 5.57. The summed E-state index contributed by atoms with van der Waals surface area (Å²) in [6, 6.07) is 15.6. The molecule has 8 N–H and O–H groups in total. The van der Waals surface area contributed by atoms with Crippen LogP contribution in [0.25, 0.3) is 0 Å². The largest absolute Gasteiger partial charge is 0.508 e. The van der Waals surface area contributed by atoms with Gasteiger partial charge in [-0.05, 0) is 53.1 Å². The Bertz CT molecular complexity index is 1620. The normalized spacial score (nSPS) is 23.4. The summed E-state index contributed by atoms with van der Waals surface area (Å²) in [7, 11) is 0. The van der Waals surface area contributed by atoms with Crippen LogP contribution >= 0.6 is 0 Å². The monoisotopic (exact) mass is 546 g/mol. The van der Waals surface area contributed by atoms with Crippen molar-refractivity contribution in [3.05, 3.63) is 94.5 Å². The average Bonchev–Trinajstić information content (AvgIpc) is 2.91. The molecule has 0 saturated heterocycles. The second-order valence-electron chi connectivity index (χ2n) is 10.1. The Morgan fingerprint density at radius 3 is 1.82 bits per heavy atom. The van der Waals surface area contributed by atoms with Crippen LogP contribution in [0.1, 0.15) is 45.9 Å². The lowest BCUT2D eigenvalue weighted by Gasteiger charge is -2.38. The van der Waals surface area contributed by atoms with Gasteiger partial charge >= 0.3 is 0 Å². The number of fused-ring (bicyclic) bond motifs is 2. The summed E-state index contributed by atoms with van der Waals surface area (Å²) in [5.41, 5.74) is 2.18. The summed E-state index contributed by atoms with van der Waals surface area (Å²) in [6.07, 6.45) is -4.06. The van der Waals surface area contributed by atoms with Gasteiger partial charge in [0.05, 0.1) is 6.10 Å². The minimum absolute atomic E-state index is 0.0707. The highest BCUT2D eigenvalue weighted by Gasteiger charge is 2.42. The SMILES string of the molecule is Oc1ccc2c(c1)O[C@H](c1ccc(O)c(O)c1)[C@@H](O)[C@@H]2c1cc2c(cc1O)O[C@@H](c1ccc(O)c(O)c1)[C@@H](O)C2. The molecule has 0 spiro atoms. The number of aromatic hydroxyl groups is 6. The molecule has 2 aliphatic heterocycles. The van der Waals surface area contributed by atoms with Gasteiger partial charge in [-0.2, -0.15) is 0 Å². The molecule has 0 saturated carbocycles. The van der Waals surface area contributed by atoms with Crippen molar-refractivity contribution in [2.75, 3.05) is 0 Å². The molecular weight excluding hydrogens is 520 g/mol. The van der Waals surface area contributed by atoms with Crippen LogP contribution in [0.4, 0.5) is 0 Å². The zero-order chi connectivity index (χ0) is 28.3. The van der Waals surface area contributed by atoms with E-state index >= 15 is 0 Å². The van der Waals surface area contributed by atoms with E-state index in [1.807, 2.05) is 0 Å². The van der Waals surface area contributed by atoms with Crippen LogP contribution < -0.4 is 9.47 Å². The molecule has 4 aromatic rings. The number of hydrogen-bond donors (Lipinski definition) is 8. The lowest BCUT2D eigenvalue weighted by atomic mass is 9.78. The van der Waals surface area contributed by atoms with Crippen LogP contribution in [-0.2, 0) is 6.42 Å². The Morgan fingerprint density at radius 1 is 0.550 bits per heavy atom. The van der Waals surface area contributed by atoms with E-state index in [2.05, 4.69) is 0 Å². The highest BCUT2D eigenvalue weighted by atomic mass is 16.5. The van der Waals surface area contributed by atoms with Crippen molar-refractivity contribution < 1.29 is 50.3 Å². The second kappa shape index (κ2) is 9.44. The first-order chi connectivity index (χ1) is 19.1. The van der Waals surface area contributed by atoms with Crippen molar-refractivity contribution >= 4 is 0 Å². The number of rotatable bonds is 3. The molecule has 6 rings (SSSR count). The highest BCUT2D eigenvalue weighted by Crippen LogP contribution is 2.51. The summed E-state index contributed by atoms with van der Waals surface area (Å²) < 4.78 is 12.0. The van der Waals surface area contributed by atoms with Gasteiger partial charge in [-0.15, -0.1) is 0 Å². The lowest BCUT2D eigenvalue weighted by Crippen LogP contribution is -2.35. The molecule has 2 aliphatic rings. The van der Waals surface area contributed by atoms with E-state index in [-0.39, 0.29) is 40.9 Å². The van der Waals surface area contributed by atoms with Crippen LogP contribution in [0.2, 0.25) is 0 Å². The van der Waals surface area contributed by atoms with E-state index in [9.17, 15) is 40.9 Å². The average molecular weight is 547 g/mol. The summed E-state index contributed by atoms with van der Waals surface area (Å²) in [6.45, 7) is 0. The first-order valence-corrected chi connectivity index (χ1v) is 12.5. The Labute approximate surface area is 227 Å². The van der Waals surface area contributed by atoms with Crippen LogP contribution in [-0.4, -0.2) is 53.1 Å². The van der Waals surface area contributed by atoms with Crippen LogP contribution in [0, 0.1) is 0 Å². The molecule has 2 heterocycles. The summed E-state index contributed by atoms with van der Waals surface area (Å²) >= 11 is 0. The number of aliphatic hydroxyl groups is 2. The van der Waals surface area contributed by atoms with Gasteiger partial charge in [0.15, 0.2) is 29.1 Å². The fourth-order valence-electron chi connectivity index (χ4n) is 5.49. The summed E-state index contributed by atoms with van der Waals surface area (Å²) in [4.78, 5) is 0. The quantitative estimate of drug-likeness (QED) is 0.177. The molecule has 10 nitrogen and oxygen atoms in total. The molecular formula is C30H26O10. The van der Waals surface area contributed by atoms with Gasteiger partial charge < -0.3 is 50.3 Å². The summed E-state index contributed by atoms with van der Waals surface area (Å²) in [5.74, 6) is -1.95. The Balaban J connectivity index is 1.41. The minimum atomic E-state index is -1.27. The minimum Gasteiger partial charge on any atom is -0.508 e. The van der Waals surface area contributed by atoms with E-state index in [1.165, 1.54) is 54.6 Å². The smallest absolute Gasteiger partial charge is 0.157 e. The first kappa shape index (κ1) is 25.5. The third kappa shape index (κ3) is 4.23. The van der Waals surface area contributed by atoms with Gasteiger partial charge in [0.25, 0.3) is 0 Å². The molecule has 0 bridgehead atoms. The Kier molecular flexibility index (Phi) is 6.01. The molecule has 0 aromatic heterocycles. The van der Waals surface area contributed by atoms with Gasteiger partial charge in [0, 0.05) is 35.6 Å². The van der Waals surface area contributed by atoms with Crippen LogP contribution in [0.5, 0.6) is 46.0 Å². The number of benzene rings is 4. The van der Waals surface area contributed by atoms with Crippen LogP contribution in [0.3, 0.4) is 0 Å². The van der Waals surface area contributed by atoms with E-state index in [4.69, 9.17) is 9.47 Å². The van der Waals surface area contributed by atoms with E-state index < -0.39 is 36.1 Å². The van der Waals surface area contributed by atoms with E-state index in [1.54, 1.807) is 12.1 Å². The zero-order valence-electron chi connectivity index (χ0n) is 20.8. The maximum Gasteiger partial charge on any atom is 0.157 e. The molecule has 40 heavy (non-hydrogen) atoms. The van der Waals surface area contributed by atoms with Crippen molar-refractivity contribution in [1.82, 2.24) is 0 Å². The van der Waals surface area contributed by atoms with Crippen molar-refractivity contribution in [2.24, 2.45) is 0 Å². The van der Waals surface area contributed by atoms with Crippen molar-refractivity contribution in [2.45, 2.75) is 36.8 Å². The Hall–Kier alpha value is -4.80. The van der Waals surface area contributed by atoms with Gasteiger partial charge in [-0.3, -0.25) is 0 Å². The van der Waals surface area contributed by atoms with Gasteiger partial charge in [0.2, 0.25) is 0 Å². The molecule has 0 radical (unpaired) electrons. The predicted octanol–water partition coefficient (Wildman–Crippen LogP) is 3.58. The van der Waals surface area contributed by atoms with Crippen LogP contribution in [0.15, 0.2) is 66.7 Å². The number of phenols is 6. The third-order valence-corrected chi connectivity index (χ3v) is 7.47. The standard InChI is InChI=1S/C30H26O10/c31-16-3-4-17-26(11-16)40-30(14-2-6-20(33)23(36)9-14)28(38)27(17)18-7-15-10-24(37)29(39-25(15)12-21(18)34)13-1-5-19(32)22(35)8-13/h1-9,11-12,24,27-38H,10H2/t24-,27-,28-,29-,30+/m0/s1. The molecule has 4 aromatic carbocycles. The Morgan fingerprint density at radius 2 is 1.18 bits per heavy atom. The van der Waals surface area contributed by atoms with Crippen molar-refractivity contribution in [3.63, 3.8) is 0 Å². The zero-order valence-corrected chi connectivity index (χ0v) is 20.8. The molecule has 0 aliphatic carbocycles. The number of ether oxygens (including phenoxy) is 2. The van der Waals surface area contributed by atoms with Gasteiger partial charge in [0.1, 0.15) is 35.2 Å². The van der Waals surface area contributed by atoms with Crippen molar-refractivity contribution in [3.8, 4) is 46.0 Å².